The average molecular weight is 216 g/mol. The van der Waals surface area contributed by atoms with Crippen LogP contribution in [-0.2, 0) is 0 Å². The summed E-state index contributed by atoms with van der Waals surface area (Å²) < 4.78 is 0. The molecule has 0 unspecified atom stereocenters. The van der Waals surface area contributed by atoms with E-state index in [1.165, 1.54) is 18.5 Å². The molecule has 0 fully saturated rings. The van der Waals surface area contributed by atoms with Crippen molar-refractivity contribution in [1.82, 2.24) is 4.98 Å². The van der Waals surface area contributed by atoms with Crippen LogP contribution in [0.5, 0.6) is 0 Å². The summed E-state index contributed by atoms with van der Waals surface area (Å²) in [7, 11) is 0. The quantitative estimate of drug-likeness (QED) is 0.715. The van der Waals surface area contributed by atoms with Crippen LogP contribution in [0.4, 0.5) is 5.69 Å². The number of benzene rings is 1. The van der Waals surface area contributed by atoms with Gasteiger partial charge in [0.25, 0.3) is 0 Å². The first-order valence-electron chi connectivity index (χ1n) is 4.64. The molecule has 0 saturated carbocycles. The summed E-state index contributed by atoms with van der Waals surface area (Å²) >= 11 is 0. The Hall–Kier alpha value is -2.36. The highest BCUT2D eigenvalue weighted by Gasteiger charge is 1.97. The third kappa shape index (κ3) is 4.23. The fraction of sp³-hybridized carbons (Fsp3) is 0. The number of nitrogen functional groups attached to an aromatic ring is 1. The number of hydrogen-bond donors (Lipinski definition) is 2. The van der Waals surface area contributed by atoms with E-state index in [2.05, 4.69) is 4.98 Å². The molecular weight excluding hydrogens is 204 g/mol. The Labute approximate surface area is 93.4 Å². The first-order valence-corrected chi connectivity index (χ1v) is 4.64. The van der Waals surface area contributed by atoms with Gasteiger partial charge >= 0.3 is 5.97 Å². The van der Waals surface area contributed by atoms with Gasteiger partial charge in [0.1, 0.15) is 0 Å². The van der Waals surface area contributed by atoms with Crippen molar-refractivity contribution in [2.75, 3.05) is 5.73 Å². The van der Waals surface area contributed by atoms with Gasteiger partial charge in [0, 0.05) is 18.1 Å². The molecule has 82 valence electrons. The van der Waals surface area contributed by atoms with E-state index >= 15 is 0 Å². The van der Waals surface area contributed by atoms with Gasteiger partial charge in [0.2, 0.25) is 0 Å². The summed E-state index contributed by atoms with van der Waals surface area (Å²) in [6.07, 6.45) is 2.84. The lowest BCUT2D eigenvalue weighted by molar-refractivity contribution is 0.0696. The van der Waals surface area contributed by atoms with Crippen LogP contribution in [0.2, 0.25) is 0 Å². The third-order valence-electron chi connectivity index (χ3n) is 1.71. The minimum absolute atomic E-state index is 0.220. The van der Waals surface area contributed by atoms with Crippen LogP contribution in [-0.4, -0.2) is 16.1 Å². The Balaban J connectivity index is 0.000000165. The molecule has 4 heteroatoms. The van der Waals surface area contributed by atoms with Crippen LogP contribution in [0.25, 0.3) is 0 Å². The second-order valence-corrected chi connectivity index (χ2v) is 2.96. The fourth-order valence-electron chi connectivity index (χ4n) is 0.942. The second-order valence-electron chi connectivity index (χ2n) is 2.96. The minimum Gasteiger partial charge on any atom is -0.478 e. The highest BCUT2D eigenvalue weighted by molar-refractivity contribution is 5.86. The molecule has 0 bridgehead atoms. The number of aromatic carboxylic acids is 1. The van der Waals surface area contributed by atoms with E-state index in [1.807, 2.05) is 30.3 Å². The number of pyridine rings is 1. The molecule has 1 heterocycles. The summed E-state index contributed by atoms with van der Waals surface area (Å²) in [5.41, 5.74) is 6.40. The summed E-state index contributed by atoms with van der Waals surface area (Å²) in [5, 5.41) is 8.34. The Morgan fingerprint density at radius 2 is 1.81 bits per heavy atom. The number of nitrogens with zero attached hydrogens (tertiary/aromatic N) is 1. The number of nitrogens with two attached hydrogens (primary N) is 1. The Kier molecular flexibility index (Phi) is 4.53. The van der Waals surface area contributed by atoms with Crippen molar-refractivity contribution in [1.29, 1.82) is 0 Å². The fourth-order valence-corrected chi connectivity index (χ4v) is 0.942. The summed E-state index contributed by atoms with van der Waals surface area (Å²) in [6.45, 7) is 0. The van der Waals surface area contributed by atoms with Crippen LogP contribution in [0, 0.1) is 0 Å². The Morgan fingerprint density at radius 3 is 2.12 bits per heavy atom. The predicted octanol–water partition coefficient (Wildman–Crippen LogP) is 2.05. The van der Waals surface area contributed by atoms with E-state index in [0.29, 0.717) is 0 Å². The number of carboxylic acids is 1. The molecule has 4 nitrogen and oxygen atoms in total. The number of carboxylic acid groups (broad SMARTS) is 1. The predicted molar refractivity (Wildman–Crippen MR) is 62.1 cm³/mol. The van der Waals surface area contributed by atoms with Gasteiger partial charge in [-0.3, -0.25) is 4.98 Å². The maximum atomic E-state index is 10.2. The summed E-state index contributed by atoms with van der Waals surface area (Å²) in [5.74, 6) is -0.942. The third-order valence-corrected chi connectivity index (χ3v) is 1.71. The highest BCUT2D eigenvalue weighted by Crippen LogP contribution is 1.96. The van der Waals surface area contributed by atoms with Crippen molar-refractivity contribution in [2.24, 2.45) is 0 Å². The first-order chi connectivity index (χ1) is 7.70. The van der Waals surface area contributed by atoms with Crippen LogP contribution in [0.15, 0.2) is 54.9 Å². The topological polar surface area (TPSA) is 76.2 Å². The second kappa shape index (κ2) is 6.19. The zero-order chi connectivity index (χ0) is 11.8. The zero-order valence-electron chi connectivity index (χ0n) is 8.58. The molecule has 0 amide bonds. The molecule has 0 radical (unpaired) electrons. The lowest BCUT2D eigenvalue weighted by Crippen LogP contribution is -1.94. The standard InChI is InChI=1S/C6H5NO2.C6H7N/c8-6(9)5-2-1-3-7-4-5;7-6-4-2-1-3-5-6/h1-4H,(H,8,9);1-5H,7H2. The van der Waals surface area contributed by atoms with Crippen LogP contribution >= 0.6 is 0 Å². The van der Waals surface area contributed by atoms with E-state index in [9.17, 15) is 4.79 Å². The molecule has 2 aromatic rings. The van der Waals surface area contributed by atoms with Crippen molar-refractivity contribution in [3.63, 3.8) is 0 Å². The lowest BCUT2D eigenvalue weighted by atomic mass is 10.3. The van der Waals surface area contributed by atoms with E-state index in [-0.39, 0.29) is 5.56 Å². The van der Waals surface area contributed by atoms with Crippen molar-refractivity contribution in [3.8, 4) is 0 Å². The van der Waals surface area contributed by atoms with Gasteiger partial charge in [-0.25, -0.2) is 4.79 Å². The van der Waals surface area contributed by atoms with Gasteiger partial charge in [0.15, 0.2) is 0 Å². The molecule has 0 aliphatic heterocycles. The Bertz CT molecular complexity index is 429. The molecule has 1 aromatic carbocycles. The summed E-state index contributed by atoms with van der Waals surface area (Å²) in [4.78, 5) is 13.8. The van der Waals surface area contributed by atoms with Gasteiger partial charge < -0.3 is 10.8 Å². The van der Waals surface area contributed by atoms with E-state index in [4.69, 9.17) is 10.8 Å². The van der Waals surface area contributed by atoms with Crippen molar-refractivity contribution in [3.05, 3.63) is 60.4 Å². The molecule has 16 heavy (non-hydrogen) atoms. The minimum atomic E-state index is -0.942. The maximum Gasteiger partial charge on any atom is 0.337 e. The van der Waals surface area contributed by atoms with E-state index < -0.39 is 5.97 Å². The SMILES string of the molecule is Nc1ccccc1.O=C(O)c1cccnc1. The molecule has 0 atom stereocenters. The monoisotopic (exact) mass is 216 g/mol. The van der Waals surface area contributed by atoms with Crippen LogP contribution in [0.1, 0.15) is 10.4 Å². The van der Waals surface area contributed by atoms with Gasteiger partial charge in [-0.05, 0) is 24.3 Å². The molecule has 0 saturated heterocycles. The van der Waals surface area contributed by atoms with E-state index in [0.717, 1.165) is 5.69 Å². The number of carbonyl (C=O) groups is 1. The number of rotatable bonds is 1. The van der Waals surface area contributed by atoms with Crippen molar-refractivity contribution >= 4 is 11.7 Å². The Morgan fingerprint density at radius 1 is 1.12 bits per heavy atom. The molecule has 1 aromatic heterocycles. The number of hydrogen-bond acceptors (Lipinski definition) is 3. The van der Waals surface area contributed by atoms with Crippen LogP contribution in [0.3, 0.4) is 0 Å². The van der Waals surface area contributed by atoms with Crippen molar-refractivity contribution < 1.29 is 9.90 Å². The average Bonchev–Trinajstić information content (AvgIpc) is 2.32. The smallest absolute Gasteiger partial charge is 0.337 e. The normalized spacial score (nSPS) is 8.75. The van der Waals surface area contributed by atoms with Gasteiger partial charge in [0.05, 0.1) is 5.56 Å². The van der Waals surface area contributed by atoms with Gasteiger partial charge in [-0.15, -0.1) is 0 Å². The summed E-state index contributed by atoms with van der Waals surface area (Å²) in [6, 6.07) is 12.6. The van der Waals surface area contributed by atoms with Crippen molar-refractivity contribution in [2.45, 2.75) is 0 Å². The molecular formula is C12H12N2O2. The number of aromatic nitrogens is 1. The molecule has 0 spiro atoms. The van der Waals surface area contributed by atoms with Gasteiger partial charge in [-0.2, -0.15) is 0 Å². The highest BCUT2D eigenvalue weighted by atomic mass is 16.4. The zero-order valence-corrected chi connectivity index (χ0v) is 8.58. The molecule has 3 N–H and O–H groups in total. The molecule has 0 aliphatic rings. The first kappa shape index (κ1) is 11.7. The number of anilines is 1. The molecule has 2 rings (SSSR count). The van der Waals surface area contributed by atoms with Crippen LogP contribution < -0.4 is 5.73 Å². The van der Waals surface area contributed by atoms with Gasteiger partial charge in [-0.1, -0.05) is 18.2 Å². The largest absolute Gasteiger partial charge is 0.478 e. The molecule has 0 aliphatic carbocycles. The maximum absolute atomic E-state index is 10.2. The lowest BCUT2D eigenvalue weighted by Gasteiger charge is -1.87. The number of para-hydroxylation sites is 1. The van der Waals surface area contributed by atoms with E-state index in [1.54, 1.807) is 6.07 Å².